The number of amides is 1. The number of hydrogen-bond donors (Lipinski definition) is 1. The molecule has 0 saturated carbocycles. The summed E-state index contributed by atoms with van der Waals surface area (Å²) in [6.07, 6.45) is 1.76. The van der Waals surface area contributed by atoms with E-state index in [0.29, 0.717) is 19.8 Å². The van der Waals surface area contributed by atoms with Gasteiger partial charge < -0.3 is 15.4 Å². The van der Waals surface area contributed by atoms with Crippen molar-refractivity contribution in [1.29, 1.82) is 0 Å². The lowest BCUT2D eigenvalue weighted by Crippen LogP contribution is -2.47. The maximum absolute atomic E-state index is 12.3. The Balaban J connectivity index is 0.00000200. The standard InChI is InChI=1S/C13H19BrN2O2S.ClH/c1-16(7-11-6-10(14)8-19-11)13(17)12(15)9-2-4-18-5-3-9;/h6,8-9,12H,2-5,7,15H2,1H3;1H. The van der Waals surface area contributed by atoms with Gasteiger partial charge in [-0.25, -0.2) is 0 Å². The molecule has 0 spiro atoms. The summed E-state index contributed by atoms with van der Waals surface area (Å²) in [6.45, 7) is 2.05. The number of rotatable bonds is 4. The smallest absolute Gasteiger partial charge is 0.239 e. The summed E-state index contributed by atoms with van der Waals surface area (Å²) in [4.78, 5) is 15.2. The van der Waals surface area contributed by atoms with E-state index in [2.05, 4.69) is 15.9 Å². The van der Waals surface area contributed by atoms with Crippen LogP contribution in [-0.2, 0) is 16.1 Å². The van der Waals surface area contributed by atoms with Crippen LogP contribution in [0.3, 0.4) is 0 Å². The van der Waals surface area contributed by atoms with E-state index in [4.69, 9.17) is 10.5 Å². The topological polar surface area (TPSA) is 55.6 Å². The van der Waals surface area contributed by atoms with Gasteiger partial charge >= 0.3 is 0 Å². The van der Waals surface area contributed by atoms with Crippen LogP contribution in [0, 0.1) is 5.92 Å². The fourth-order valence-electron chi connectivity index (χ4n) is 2.28. The van der Waals surface area contributed by atoms with Gasteiger partial charge in [0.05, 0.1) is 12.6 Å². The number of ether oxygens (including phenoxy) is 1. The van der Waals surface area contributed by atoms with Crippen LogP contribution in [0.15, 0.2) is 15.9 Å². The molecule has 20 heavy (non-hydrogen) atoms. The van der Waals surface area contributed by atoms with Crippen LogP contribution < -0.4 is 5.73 Å². The highest BCUT2D eigenvalue weighted by Crippen LogP contribution is 2.22. The van der Waals surface area contributed by atoms with Crippen molar-refractivity contribution < 1.29 is 9.53 Å². The number of hydrogen-bond acceptors (Lipinski definition) is 4. The van der Waals surface area contributed by atoms with E-state index < -0.39 is 6.04 Å². The molecule has 1 aromatic rings. The SMILES string of the molecule is CN(Cc1cc(Br)cs1)C(=O)C(N)C1CCOCC1.Cl. The average Bonchev–Trinajstić information content (AvgIpc) is 2.83. The molecule has 1 fully saturated rings. The van der Waals surface area contributed by atoms with E-state index in [-0.39, 0.29) is 24.2 Å². The monoisotopic (exact) mass is 382 g/mol. The fourth-order valence-corrected chi connectivity index (χ4v) is 3.78. The zero-order valence-corrected chi connectivity index (χ0v) is 14.6. The predicted molar refractivity (Wildman–Crippen MR) is 87.3 cm³/mol. The maximum atomic E-state index is 12.3. The lowest BCUT2D eigenvalue weighted by molar-refractivity contribution is -0.133. The molecule has 1 aromatic heterocycles. The van der Waals surface area contributed by atoms with Gasteiger partial charge in [0.15, 0.2) is 0 Å². The molecular formula is C13H20BrClN2O2S. The lowest BCUT2D eigenvalue weighted by Gasteiger charge is -2.29. The third-order valence-corrected chi connectivity index (χ3v) is 5.13. The van der Waals surface area contributed by atoms with Gasteiger partial charge in [-0.2, -0.15) is 0 Å². The number of carbonyl (C=O) groups is 1. The van der Waals surface area contributed by atoms with Crippen molar-refractivity contribution in [2.45, 2.75) is 25.4 Å². The minimum absolute atomic E-state index is 0. The highest BCUT2D eigenvalue weighted by molar-refractivity contribution is 9.10. The first-order valence-electron chi connectivity index (χ1n) is 6.39. The third-order valence-electron chi connectivity index (χ3n) is 3.45. The molecular weight excluding hydrogens is 364 g/mol. The number of likely N-dealkylation sites (N-methyl/N-ethyl adjacent to an activating group) is 1. The van der Waals surface area contributed by atoms with Crippen molar-refractivity contribution in [3.63, 3.8) is 0 Å². The fraction of sp³-hybridized carbons (Fsp3) is 0.615. The summed E-state index contributed by atoms with van der Waals surface area (Å²) < 4.78 is 6.36. The van der Waals surface area contributed by atoms with E-state index in [9.17, 15) is 4.79 Å². The van der Waals surface area contributed by atoms with E-state index >= 15 is 0 Å². The zero-order valence-electron chi connectivity index (χ0n) is 11.4. The van der Waals surface area contributed by atoms with E-state index in [1.807, 2.05) is 18.5 Å². The Labute approximate surface area is 138 Å². The van der Waals surface area contributed by atoms with Gasteiger partial charge in [0.2, 0.25) is 5.91 Å². The molecule has 1 atom stereocenters. The number of halogens is 2. The first-order valence-corrected chi connectivity index (χ1v) is 8.06. The second-order valence-corrected chi connectivity index (χ2v) is 6.81. The van der Waals surface area contributed by atoms with Crippen LogP contribution in [0.4, 0.5) is 0 Å². The largest absolute Gasteiger partial charge is 0.381 e. The molecule has 2 rings (SSSR count). The predicted octanol–water partition coefficient (Wildman–Crippen LogP) is 2.64. The van der Waals surface area contributed by atoms with Crippen LogP contribution in [0.5, 0.6) is 0 Å². The molecule has 4 nitrogen and oxygen atoms in total. The summed E-state index contributed by atoms with van der Waals surface area (Å²) in [6, 6.07) is 1.63. The van der Waals surface area contributed by atoms with E-state index in [1.165, 1.54) is 0 Å². The Hall–Kier alpha value is -0.140. The molecule has 1 amide bonds. The van der Waals surface area contributed by atoms with Crippen molar-refractivity contribution in [3.05, 3.63) is 20.8 Å². The molecule has 114 valence electrons. The summed E-state index contributed by atoms with van der Waals surface area (Å²) in [5.41, 5.74) is 6.10. The van der Waals surface area contributed by atoms with Gasteiger partial charge in [-0.3, -0.25) is 4.79 Å². The third kappa shape index (κ3) is 4.70. The van der Waals surface area contributed by atoms with Gasteiger partial charge in [-0.05, 0) is 40.8 Å². The van der Waals surface area contributed by atoms with Gasteiger partial charge in [-0.1, -0.05) is 0 Å². The van der Waals surface area contributed by atoms with Crippen molar-refractivity contribution in [3.8, 4) is 0 Å². The lowest BCUT2D eigenvalue weighted by atomic mass is 9.91. The van der Waals surface area contributed by atoms with Gasteiger partial charge in [0.1, 0.15) is 0 Å². The van der Waals surface area contributed by atoms with Crippen LogP contribution in [0.25, 0.3) is 0 Å². The van der Waals surface area contributed by atoms with Crippen LogP contribution in [-0.4, -0.2) is 37.1 Å². The molecule has 0 aliphatic carbocycles. The number of thiophene rings is 1. The summed E-state index contributed by atoms with van der Waals surface area (Å²) in [5, 5.41) is 2.02. The van der Waals surface area contributed by atoms with E-state index in [0.717, 1.165) is 22.2 Å². The minimum Gasteiger partial charge on any atom is -0.381 e. The molecule has 2 heterocycles. The highest BCUT2D eigenvalue weighted by atomic mass is 79.9. The molecule has 0 aromatic carbocycles. The Bertz CT molecular complexity index is 438. The first kappa shape index (κ1) is 17.9. The van der Waals surface area contributed by atoms with Gasteiger partial charge in [0.25, 0.3) is 0 Å². The van der Waals surface area contributed by atoms with Crippen molar-refractivity contribution in [1.82, 2.24) is 4.90 Å². The highest BCUT2D eigenvalue weighted by Gasteiger charge is 2.28. The maximum Gasteiger partial charge on any atom is 0.239 e. The molecule has 7 heteroatoms. The second-order valence-electron chi connectivity index (χ2n) is 4.90. The summed E-state index contributed by atoms with van der Waals surface area (Å²) in [5.74, 6) is 0.273. The van der Waals surface area contributed by atoms with Crippen molar-refractivity contribution in [2.75, 3.05) is 20.3 Å². The summed E-state index contributed by atoms with van der Waals surface area (Å²) in [7, 11) is 1.81. The minimum atomic E-state index is -0.405. The van der Waals surface area contributed by atoms with Gasteiger partial charge in [0, 0.05) is 35.0 Å². The van der Waals surface area contributed by atoms with Crippen molar-refractivity contribution >= 4 is 45.6 Å². The Kier molecular flexibility index (Phi) is 7.47. The average molecular weight is 384 g/mol. The van der Waals surface area contributed by atoms with E-state index in [1.54, 1.807) is 16.2 Å². The molecule has 1 aliphatic heterocycles. The van der Waals surface area contributed by atoms with Crippen LogP contribution in [0.2, 0.25) is 0 Å². The normalized spacial score (nSPS) is 17.4. The molecule has 2 N–H and O–H groups in total. The quantitative estimate of drug-likeness (QED) is 0.869. The van der Waals surface area contributed by atoms with Crippen LogP contribution in [0.1, 0.15) is 17.7 Å². The van der Waals surface area contributed by atoms with Crippen molar-refractivity contribution in [2.24, 2.45) is 11.7 Å². The Morgan fingerprint density at radius 1 is 1.60 bits per heavy atom. The number of carbonyl (C=O) groups excluding carboxylic acids is 1. The second kappa shape index (κ2) is 8.34. The first-order chi connectivity index (χ1) is 9.08. The van der Waals surface area contributed by atoms with Gasteiger partial charge in [-0.15, -0.1) is 23.7 Å². The molecule has 1 aliphatic rings. The Morgan fingerprint density at radius 2 is 2.25 bits per heavy atom. The Morgan fingerprint density at radius 3 is 2.80 bits per heavy atom. The molecule has 1 saturated heterocycles. The molecule has 1 unspecified atom stereocenters. The summed E-state index contributed by atoms with van der Waals surface area (Å²) >= 11 is 5.06. The number of nitrogens with two attached hydrogens (primary N) is 1. The zero-order chi connectivity index (χ0) is 13.8. The molecule has 0 bridgehead atoms. The molecule has 0 radical (unpaired) electrons. The van der Waals surface area contributed by atoms with Crippen LogP contribution >= 0.6 is 39.7 Å². The number of nitrogens with zero attached hydrogens (tertiary/aromatic N) is 1.